The Morgan fingerprint density at radius 2 is 2.00 bits per heavy atom. The zero-order valence-corrected chi connectivity index (χ0v) is 22.4. The van der Waals surface area contributed by atoms with E-state index < -0.39 is 0 Å². The number of hydrogen-bond donors (Lipinski definition) is 1. The predicted octanol–water partition coefficient (Wildman–Crippen LogP) is 5.88. The number of likely N-dealkylation sites (tertiary alicyclic amines) is 1. The molecule has 1 aromatic heterocycles. The van der Waals surface area contributed by atoms with Crippen LogP contribution in [0.25, 0.3) is 10.4 Å². The average molecular weight is 498 g/mol. The summed E-state index contributed by atoms with van der Waals surface area (Å²) in [6.45, 7) is 9.32. The van der Waals surface area contributed by atoms with Gasteiger partial charge < -0.3 is 15.0 Å². The fourth-order valence-electron chi connectivity index (χ4n) is 3.80. The molecule has 0 bridgehead atoms. The lowest BCUT2D eigenvalue weighted by Gasteiger charge is -2.24. The molecule has 2 heterocycles. The molecule has 1 atom stereocenters. The van der Waals surface area contributed by atoms with Crippen LogP contribution in [0.5, 0.6) is 0 Å². The van der Waals surface area contributed by atoms with Crippen LogP contribution in [0, 0.1) is 12.8 Å². The number of amides is 2. The smallest absolute Gasteiger partial charge is 0.243 e. The summed E-state index contributed by atoms with van der Waals surface area (Å²) < 4.78 is 4.66. The van der Waals surface area contributed by atoms with Crippen LogP contribution in [0.3, 0.4) is 0 Å². The van der Waals surface area contributed by atoms with E-state index in [1.807, 2.05) is 50.6 Å². The first-order valence-electron chi connectivity index (χ1n) is 12.3. The van der Waals surface area contributed by atoms with Crippen molar-refractivity contribution in [2.45, 2.75) is 66.0 Å². The molecule has 1 fully saturated rings. The molecule has 1 saturated heterocycles. The van der Waals surface area contributed by atoms with Gasteiger partial charge in [-0.25, -0.2) is 4.98 Å². The second-order valence-electron chi connectivity index (χ2n) is 8.93. The maximum absolute atomic E-state index is 12.6. The Hall–Kier alpha value is -2.93. The molecule has 0 spiro atoms. The molecule has 0 radical (unpaired) electrons. The Labute approximate surface area is 214 Å². The highest BCUT2D eigenvalue weighted by atomic mass is 32.1. The number of carbonyl (C=O) groups is 2. The van der Waals surface area contributed by atoms with Crippen molar-refractivity contribution in [3.63, 3.8) is 0 Å². The predicted molar refractivity (Wildman–Crippen MR) is 144 cm³/mol. The first-order chi connectivity index (χ1) is 16.9. The second kappa shape index (κ2) is 15.1. The topological polar surface area (TPSA) is 71.5 Å². The summed E-state index contributed by atoms with van der Waals surface area (Å²) in [4.78, 5) is 32.2. The van der Waals surface area contributed by atoms with Gasteiger partial charge in [0.15, 0.2) is 0 Å². The summed E-state index contributed by atoms with van der Waals surface area (Å²) in [6.07, 6.45) is 10.8. The molecule has 1 unspecified atom stereocenters. The van der Waals surface area contributed by atoms with Crippen LogP contribution < -0.4 is 5.32 Å². The van der Waals surface area contributed by atoms with Gasteiger partial charge >= 0.3 is 0 Å². The van der Waals surface area contributed by atoms with Crippen molar-refractivity contribution in [1.29, 1.82) is 0 Å². The summed E-state index contributed by atoms with van der Waals surface area (Å²) >= 11 is 1.63. The van der Waals surface area contributed by atoms with Gasteiger partial charge in [0.25, 0.3) is 0 Å². The number of thiazole rings is 1. The van der Waals surface area contributed by atoms with E-state index in [-0.39, 0.29) is 17.9 Å². The third-order valence-electron chi connectivity index (χ3n) is 5.58. The van der Waals surface area contributed by atoms with Crippen LogP contribution in [-0.2, 0) is 20.9 Å². The molecule has 0 saturated carbocycles. The van der Waals surface area contributed by atoms with Crippen molar-refractivity contribution in [2.24, 2.45) is 5.92 Å². The van der Waals surface area contributed by atoms with Gasteiger partial charge in [0.05, 0.1) is 29.5 Å². The maximum atomic E-state index is 12.6. The molecule has 7 heteroatoms. The molecule has 190 valence electrons. The Bertz CT molecular complexity index is 968. The lowest BCUT2D eigenvalue weighted by molar-refractivity contribution is -0.139. The first kappa shape index (κ1) is 28.3. The number of carbonyl (C=O) groups excluding carboxylic acids is 2. The number of nitrogens with one attached hydrogen (secondary N) is 1. The highest BCUT2D eigenvalue weighted by Gasteiger charge is 2.33. The Morgan fingerprint density at radius 3 is 2.60 bits per heavy atom. The minimum atomic E-state index is -0.324. The van der Waals surface area contributed by atoms with Crippen LogP contribution in [0.4, 0.5) is 0 Å². The van der Waals surface area contributed by atoms with Gasteiger partial charge in [0.1, 0.15) is 6.04 Å². The average Bonchev–Trinajstić information content (AvgIpc) is 3.50. The molecule has 1 aliphatic rings. The third-order valence-corrected chi connectivity index (χ3v) is 6.56. The lowest BCUT2D eigenvalue weighted by Crippen LogP contribution is -2.46. The quantitative estimate of drug-likeness (QED) is 0.347. The highest BCUT2D eigenvalue weighted by molar-refractivity contribution is 7.13. The number of rotatable bonds is 9. The van der Waals surface area contributed by atoms with Gasteiger partial charge in [0.2, 0.25) is 11.8 Å². The molecular weight excluding hydrogens is 458 g/mol. The zero-order chi connectivity index (χ0) is 25.6. The fraction of sp³-hybridized carbons (Fsp3) is 0.464. The minimum absolute atomic E-state index is 0.0491. The first-order valence-corrected chi connectivity index (χ1v) is 13.2. The molecule has 35 heavy (non-hydrogen) atoms. The summed E-state index contributed by atoms with van der Waals surface area (Å²) in [5, 5.41) is 3.00. The summed E-state index contributed by atoms with van der Waals surface area (Å²) in [7, 11) is 1.64. The number of nitrogens with zero attached hydrogens (tertiary/aromatic N) is 2. The number of hydrogen-bond acceptors (Lipinski definition) is 5. The van der Waals surface area contributed by atoms with Crippen LogP contribution in [0.15, 0.2) is 54.3 Å². The van der Waals surface area contributed by atoms with E-state index in [2.05, 4.69) is 40.2 Å². The van der Waals surface area contributed by atoms with Crippen LogP contribution in [0.1, 0.15) is 57.7 Å². The van der Waals surface area contributed by atoms with E-state index in [1.54, 1.807) is 29.6 Å². The van der Waals surface area contributed by atoms with Gasteiger partial charge in [0, 0.05) is 19.5 Å². The second-order valence-corrected chi connectivity index (χ2v) is 9.78. The molecule has 2 aromatic rings. The monoisotopic (exact) mass is 497 g/mol. The van der Waals surface area contributed by atoms with E-state index in [0.717, 1.165) is 36.1 Å². The molecular formula is C28H39N3O3S. The van der Waals surface area contributed by atoms with Crippen molar-refractivity contribution < 1.29 is 14.3 Å². The van der Waals surface area contributed by atoms with Crippen molar-refractivity contribution >= 4 is 23.2 Å². The third kappa shape index (κ3) is 9.32. The standard InChI is InChI=1S/C21H27N3O2S.C7H12O/c1-14(2)11-19(25)24-10-4-5-18(24)21(26)22-12-16-6-8-17(9-7-16)20-15(3)23-13-27-20;1-3-4-5-6-7-8-2/h6-9,13-14,18H,4-5,10-12H2,1-3H3,(H,22,26);4-7H,3H2,1-2H3/b;5-4+,7-6-. The number of benzene rings is 1. The van der Waals surface area contributed by atoms with E-state index in [4.69, 9.17) is 0 Å². The van der Waals surface area contributed by atoms with Crippen molar-refractivity contribution in [3.8, 4) is 10.4 Å². The fourth-order valence-corrected chi connectivity index (χ4v) is 4.61. The molecule has 0 aliphatic carbocycles. The van der Waals surface area contributed by atoms with Crippen molar-refractivity contribution in [1.82, 2.24) is 15.2 Å². The number of aromatic nitrogens is 1. The van der Waals surface area contributed by atoms with Crippen molar-refractivity contribution in [3.05, 3.63) is 65.5 Å². The molecule has 3 rings (SSSR count). The highest BCUT2D eigenvalue weighted by Crippen LogP contribution is 2.27. The largest absolute Gasteiger partial charge is 0.504 e. The van der Waals surface area contributed by atoms with E-state index in [9.17, 15) is 9.59 Å². The van der Waals surface area contributed by atoms with Crippen LogP contribution >= 0.6 is 11.3 Å². The number of methoxy groups -OCH3 is 1. The zero-order valence-electron chi connectivity index (χ0n) is 21.6. The van der Waals surface area contributed by atoms with Gasteiger partial charge in [-0.3, -0.25) is 9.59 Å². The Balaban J connectivity index is 0.000000466. The van der Waals surface area contributed by atoms with Crippen LogP contribution in [-0.4, -0.2) is 41.4 Å². The number of ether oxygens (including phenoxy) is 1. The normalized spacial score (nSPS) is 15.5. The van der Waals surface area contributed by atoms with Gasteiger partial charge in [-0.15, -0.1) is 11.3 Å². The minimum Gasteiger partial charge on any atom is -0.504 e. The van der Waals surface area contributed by atoms with Gasteiger partial charge in [-0.2, -0.15) is 0 Å². The maximum Gasteiger partial charge on any atom is 0.243 e. The van der Waals surface area contributed by atoms with Gasteiger partial charge in [-0.05, 0) is 49.3 Å². The number of allylic oxidation sites excluding steroid dienone is 3. The number of aryl methyl sites for hydroxylation is 1. The van der Waals surface area contributed by atoms with E-state index in [1.165, 1.54) is 4.88 Å². The van der Waals surface area contributed by atoms with Crippen LogP contribution in [0.2, 0.25) is 0 Å². The molecule has 2 amide bonds. The molecule has 1 aromatic carbocycles. The van der Waals surface area contributed by atoms with Gasteiger partial charge in [-0.1, -0.05) is 57.2 Å². The van der Waals surface area contributed by atoms with E-state index in [0.29, 0.717) is 25.4 Å². The summed E-state index contributed by atoms with van der Waals surface area (Å²) in [6, 6.07) is 7.87. The summed E-state index contributed by atoms with van der Waals surface area (Å²) in [5.74, 6) is 0.349. The van der Waals surface area contributed by atoms with E-state index >= 15 is 0 Å². The SMILES string of the molecule is CC/C=C/C=C\OC.Cc1ncsc1-c1ccc(CNC(=O)C2CCCN2C(=O)CC(C)C)cc1. The molecule has 6 nitrogen and oxygen atoms in total. The lowest BCUT2D eigenvalue weighted by atomic mass is 10.1. The Kier molecular flexibility index (Phi) is 12.2. The summed E-state index contributed by atoms with van der Waals surface area (Å²) in [5.41, 5.74) is 5.08. The van der Waals surface area contributed by atoms with Crippen molar-refractivity contribution in [2.75, 3.05) is 13.7 Å². The Morgan fingerprint density at radius 1 is 1.26 bits per heavy atom. The molecule has 1 N–H and O–H groups in total. The molecule has 1 aliphatic heterocycles.